The van der Waals surface area contributed by atoms with Gasteiger partial charge in [0.05, 0.1) is 17.2 Å². The van der Waals surface area contributed by atoms with E-state index in [1.165, 1.54) is 0 Å². The Hall–Kier alpha value is -2.86. The van der Waals surface area contributed by atoms with Crippen LogP contribution in [0.4, 0.5) is 11.4 Å². The fraction of sp³-hybridized carbons (Fsp3) is 0.318. The standard InChI is InChI=1S/C22H24ClN3O3/c1-2-20(27)26-13-5-6-15(14-26)21(28)25-19-8-4-3-7-18(19)22(29)24-17-11-9-16(23)10-12-17/h3-4,7-12,15H,2,5-6,13-14H2,1H3,(H,24,29)(H,25,28). The van der Waals surface area contributed by atoms with Crippen LogP contribution in [0, 0.1) is 5.92 Å². The van der Waals surface area contributed by atoms with Crippen molar-refractivity contribution in [2.45, 2.75) is 26.2 Å². The first-order valence-corrected chi connectivity index (χ1v) is 10.1. The topological polar surface area (TPSA) is 78.5 Å². The van der Waals surface area contributed by atoms with Gasteiger partial charge in [0.25, 0.3) is 5.91 Å². The van der Waals surface area contributed by atoms with Gasteiger partial charge >= 0.3 is 0 Å². The molecule has 2 N–H and O–H groups in total. The van der Waals surface area contributed by atoms with Crippen molar-refractivity contribution in [3.05, 3.63) is 59.1 Å². The second-order valence-electron chi connectivity index (χ2n) is 7.03. The fourth-order valence-corrected chi connectivity index (χ4v) is 3.52. The summed E-state index contributed by atoms with van der Waals surface area (Å²) in [5.74, 6) is -0.725. The van der Waals surface area contributed by atoms with Crippen molar-refractivity contribution in [3.8, 4) is 0 Å². The number of hydrogen-bond donors (Lipinski definition) is 2. The predicted octanol–water partition coefficient (Wildman–Crippen LogP) is 4.18. The average Bonchev–Trinajstić information content (AvgIpc) is 2.75. The van der Waals surface area contributed by atoms with E-state index in [1.807, 2.05) is 6.92 Å². The molecule has 1 fully saturated rings. The van der Waals surface area contributed by atoms with Gasteiger partial charge in [-0.25, -0.2) is 0 Å². The Bertz CT molecular complexity index is 898. The number of para-hydroxylation sites is 1. The smallest absolute Gasteiger partial charge is 0.257 e. The average molecular weight is 414 g/mol. The summed E-state index contributed by atoms with van der Waals surface area (Å²) in [6.07, 6.45) is 1.95. The third kappa shape index (κ3) is 5.35. The summed E-state index contributed by atoms with van der Waals surface area (Å²) in [4.78, 5) is 39.2. The lowest BCUT2D eigenvalue weighted by molar-refractivity contribution is -0.134. The van der Waals surface area contributed by atoms with E-state index in [-0.39, 0.29) is 23.6 Å². The van der Waals surface area contributed by atoms with Gasteiger partial charge in [0, 0.05) is 30.2 Å². The molecule has 3 amide bonds. The second kappa shape index (κ2) is 9.56. The van der Waals surface area contributed by atoms with Gasteiger partial charge in [-0.2, -0.15) is 0 Å². The maximum absolute atomic E-state index is 12.8. The predicted molar refractivity (Wildman–Crippen MR) is 114 cm³/mol. The number of benzene rings is 2. The van der Waals surface area contributed by atoms with E-state index in [9.17, 15) is 14.4 Å². The number of rotatable bonds is 5. The molecule has 6 nitrogen and oxygen atoms in total. The van der Waals surface area contributed by atoms with Gasteiger partial charge in [0.15, 0.2) is 0 Å². The Kier molecular flexibility index (Phi) is 6.88. The molecule has 0 spiro atoms. The second-order valence-corrected chi connectivity index (χ2v) is 7.46. The molecule has 0 radical (unpaired) electrons. The summed E-state index contributed by atoms with van der Waals surface area (Å²) in [7, 11) is 0. The molecule has 1 unspecified atom stereocenters. The van der Waals surface area contributed by atoms with Gasteiger partial charge in [-0.05, 0) is 49.2 Å². The lowest BCUT2D eigenvalue weighted by Crippen LogP contribution is -2.43. The molecule has 1 heterocycles. The Labute approximate surface area is 175 Å². The third-order valence-corrected chi connectivity index (χ3v) is 5.23. The summed E-state index contributed by atoms with van der Waals surface area (Å²) < 4.78 is 0. The molecule has 0 saturated carbocycles. The Morgan fingerprint density at radius 2 is 1.79 bits per heavy atom. The lowest BCUT2D eigenvalue weighted by Gasteiger charge is -2.32. The van der Waals surface area contributed by atoms with Gasteiger partial charge in [0.1, 0.15) is 0 Å². The van der Waals surface area contributed by atoms with Gasteiger partial charge in [0.2, 0.25) is 11.8 Å². The summed E-state index contributed by atoms with van der Waals surface area (Å²) >= 11 is 5.88. The largest absolute Gasteiger partial charge is 0.342 e. The minimum atomic E-state index is -0.324. The van der Waals surface area contributed by atoms with E-state index in [0.717, 1.165) is 12.8 Å². The van der Waals surface area contributed by atoms with Crippen molar-refractivity contribution < 1.29 is 14.4 Å². The summed E-state index contributed by atoms with van der Waals surface area (Å²) in [5, 5.41) is 6.26. The van der Waals surface area contributed by atoms with Crippen LogP contribution in [0.2, 0.25) is 5.02 Å². The first kappa shape index (κ1) is 20.9. The van der Waals surface area contributed by atoms with Crippen LogP contribution in [0.5, 0.6) is 0 Å². The van der Waals surface area contributed by atoms with Crippen molar-refractivity contribution in [1.29, 1.82) is 0 Å². The van der Waals surface area contributed by atoms with E-state index in [1.54, 1.807) is 53.4 Å². The lowest BCUT2D eigenvalue weighted by atomic mass is 9.96. The minimum Gasteiger partial charge on any atom is -0.342 e. The number of nitrogens with zero attached hydrogens (tertiary/aromatic N) is 1. The van der Waals surface area contributed by atoms with Crippen LogP contribution in [-0.2, 0) is 9.59 Å². The van der Waals surface area contributed by atoms with Crippen LogP contribution in [0.3, 0.4) is 0 Å². The first-order valence-electron chi connectivity index (χ1n) is 9.72. The third-order valence-electron chi connectivity index (χ3n) is 4.98. The van der Waals surface area contributed by atoms with E-state index in [2.05, 4.69) is 10.6 Å². The summed E-state index contributed by atoms with van der Waals surface area (Å²) in [6, 6.07) is 13.7. The Balaban J connectivity index is 1.69. The van der Waals surface area contributed by atoms with Crippen molar-refractivity contribution in [3.63, 3.8) is 0 Å². The normalized spacial score (nSPS) is 16.2. The molecule has 7 heteroatoms. The van der Waals surface area contributed by atoms with Gasteiger partial charge in [-0.1, -0.05) is 30.7 Å². The molecule has 3 rings (SSSR count). The number of carbonyl (C=O) groups is 3. The molecule has 2 aromatic rings. The molecule has 0 aromatic heterocycles. The van der Waals surface area contributed by atoms with Crippen molar-refractivity contribution in [1.82, 2.24) is 4.90 Å². The van der Waals surface area contributed by atoms with E-state index in [4.69, 9.17) is 11.6 Å². The van der Waals surface area contributed by atoms with Gasteiger partial charge in [-0.15, -0.1) is 0 Å². The molecular weight excluding hydrogens is 390 g/mol. The maximum atomic E-state index is 12.8. The molecule has 1 aliphatic rings. The summed E-state index contributed by atoms with van der Waals surface area (Å²) in [5.41, 5.74) is 1.43. The highest BCUT2D eigenvalue weighted by atomic mass is 35.5. The van der Waals surface area contributed by atoms with Gasteiger partial charge in [-0.3, -0.25) is 14.4 Å². The zero-order valence-electron chi connectivity index (χ0n) is 16.3. The first-order chi connectivity index (χ1) is 14.0. The highest BCUT2D eigenvalue weighted by Crippen LogP contribution is 2.22. The maximum Gasteiger partial charge on any atom is 0.257 e. The number of hydrogen-bond acceptors (Lipinski definition) is 3. The number of likely N-dealkylation sites (tertiary alicyclic amines) is 1. The molecule has 29 heavy (non-hydrogen) atoms. The molecule has 0 aliphatic carbocycles. The highest BCUT2D eigenvalue weighted by molar-refractivity contribution is 6.30. The zero-order valence-corrected chi connectivity index (χ0v) is 17.0. The van der Waals surface area contributed by atoms with Crippen LogP contribution in [-0.4, -0.2) is 35.7 Å². The number of piperidine rings is 1. The van der Waals surface area contributed by atoms with Crippen LogP contribution < -0.4 is 10.6 Å². The van der Waals surface area contributed by atoms with E-state index >= 15 is 0 Å². The van der Waals surface area contributed by atoms with E-state index in [0.29, 0.717) is 41.5 Å². The van der Waals surface area contributed by atoms with Crippen LogP contribution >= 0.6 is 11.6 Å². The molecule has 0 bridgehead atoms. The number of carbonyl (C=O) groups excluding carboxylic acids is 3. The quantitative estimate of drug-likeness (QED) is 0.771. The molecule has 2 aromatic carbocycles. The molecule has 1 atom stereocenters. The van der Waals surface area contributed by atoms with Crippen molar-refractivity contribution in [2.75, 3.05) is 23.7 Å². The van der Waals surface area contributed by atoms with Crippen LogP contribution in [0.25, 0.3) is 0 Å². The van der Waals surface area contributed by atoms with E-state index < -0.39 is 0 Å². The molecule has 1 aliphatic heterocycles. The van der Waals surface area contributed by atoms with Crippen LogP contribution in [0.1, 0.15) is 36.5 Å². The molecule has 152 valence electrons. The van der Waals surface area contributed by atoms with Crippen molar-refractivity contribution in [2.24, 2.45) is 5.92 Å². The Morgan fingerprint density at radius 3 is 2.52 bits per heavy atom. The zero-order chi connectivity index (χ0) is 20.8. The number of anilines is 2. The van der Waals surface area contributed by atoms with Gasteiger partial charge < -0.3 is 15.5 Å². The number of nitrogens with one attached hydrogen (secondary N) is 2. The minimum absolute atomic E-state index is 0.0604. The molecular formula is C22H24ClN3O3. The summed E-state index contributed by atoms with van der Waals surface area (Å²) in [6.45, 7) is 2.93. The fourth-order valence-electron chi connectivity index (χ4n) is 3.40. The Morgan fingerprint density at radius 1 is 1.07 bits per heavy atom. The monoisotopic (exact) mass is 413 g/mol. The van der Waals surface area contributed by atoms with Crippen molar-refractivity contribution >= 4 is 40.7 Å². The SMILES string of the molecule is CCC(=O)N1CCCC(C(=O)Nc2ccccc2C(=O)Nc2ccc(Cl)cc2)C1. The van der Waals surface area contributed by atoms with Crippen LogP contribution in [0.15, 0.2) is 48.5 Å². The molecule has 1 saturated heterocycles. The number of halogens is 1. The number of amides is 3. The highest BCUT2D eigenvalue weighted by Gasteiger charge is 2.28.